The van der Waals surface area contributed by atoms with Gasteiger partial charge in [0.05, 0.1) is 5.69 Å². The molecule has 0 saturated carbocycles. The summed E-state index contributed by atoms with van der Waals surface area (Å²) in [5.74, 6) is 0. The molecule has 0 spiro atoms. The molecule has 52 heavy (non-hydrogen) atoms. The molecule has 0 aliphatic heterocycles. The third-order valence-corrected chi connectivity index (χ3v) is 12.1. The number of nitrogens with zero attached hydrogens (tertiary/aromatic N) is 2. The molecule has 10 aromatic rings. The second-order valence-corrected chi connectivity index (χ2v) is 15.1. The zero-order valence-electron chi connectivity index (χ0n) is 28.2. The first kappa shape index (κ1) is 30.6. The van der Waals surface area contributed by atoms with Crippen LogP contribution in [0.25, 0.3) is 51.5 Å². The summed E-state index contributed by atoms with van der Waals surface area (Å²) >= 11 is 3.72. The van der Waals surface area contributed by atoms with Crippen molar-refractivity contribution in [3.63, 3.8) is 0 Å². The second kappa shape index (κ2) is 12.8. The molecule has 0 unspecified atom stereocenters. The number of anilines is 6. The minimum absolute atomic E-state index is 1.13. The van der Waals surface area contributed by atoms with Crippen molar-refractivity contribution in [3.8, 4) is 11.1 Å². The minimum atomic E-state index is 1.13. The van der Waals surface area contributed by atoms with E-state index in [2.05, 4.69) is 204 Å². The molecule has 2 heterocycles. The largest absolute Gasteiger partial charge is 0.310 e. The summed E-state index contributed by atoms with van der Waals surface area (Å²) in [6.07, 6.45) is 0. The van der Waals surface area contributed by atoms with Crippen molar-refractivity contribution in [3.05, 3.63) is 194 Å². The molecular formula is C48H32N2S2. The van der Waals surface area contributed by atoms with Gasteiger partial charge < -0.3 is 9.80 Å². The lowest BCUT2D eigenvalue weighted by Crippen LogP contribution is -2.10. The van der Waals surface area contributed by atoms with Crippen LogP contribution in [-0.4, -0.2) is 0 Å². The van der Waals surface area contributed by atoms with Gasteiger partial charge >= 0.3 is 0 Å². The van der Waals surface area contributed by atoms with Gasteiger partial charge in [-0.05, 0) is 102 Å². The van der Waals surface area contributed by atoms with E-state index < -0.39 is 0 Å². The van der Waals surface area contributed by atoms with Gasteiger partial charge in [0.1, 0.15) is 0 Å². The molecule has 2 nitrogen and oxygen atoms in total. The lowest BCUT2D eigenvalue weighted by Gasteiger charge is -2.27. The van der Waals surface area contributed by atoms with E-state index in [-0.39, 0.29) is 0 Å². The molecular weight excluding hydrogens is 669 g/mol. The highest BCUT2D eigenvalue weighted by Crippen LogP contribution is 2.48. The molecule has 246 valence electrons. The molecule has 0 aliphatic carbocycles. The Morgan fingerprint density at radius 2 is 0.827 bits per heavy atom. The highest BCUT2D eigenvalue weighted by atomic mass is 32.1. The van der Waals surface area contributed by atoms with Crippen molar-refractivity contribution in [1.29, 1.82) is 0 Å². The Kier molecular flexibility index (Phi) is 7.56. The summed E-state index contributed by atoms with van der Waals surface area (Å²) in [5.41, 5.74) is 9.35. The lowest BCUT2D eigenvalue weighted by molar-refractivity contribution is 1.29. The van der Waals surface area contributed by atoms with E-state index in [0.29, 0.717) is 0 Å². The topological polar surface area (TPSA) is 6.48 Å². The van der Waals surface area contributed by atoms with Crippen LogP contribution in [0.4, 0.5) is 34.1 Å². The van der Waals surface area contributed by atoms with Crippen LogP contribution < -0.4 is 9.80 Å². The van der Waals surface area contributed by atoms with Gasteiger partial charge in [0.2, 0.25) is 0 Å². The predicted molar refractivity (Wildman–Crippen MR) is 227 cm³/mol. The van der Waals surface area contributed by atoms with E-state index in [4.69, 9.17) is 0 Å². The summed E-state index contributed by atoms with van der Waals surface area (Å²) in [5, 5.41) is 5.11. The van der Waals surface area contributed by atoms with Crippen LogP contribution >= 0.6 is 22.7 Å². The standard InChI is InChI=1S/C48H32N2S2/c1-5-14-33(15-6-1)34-24-28-44-41(30-34)42-31-38(26-29-45(42)51-44)50(37-20-11-4-12-21-37)43-22-13-23-46-48(43)40-27-25-39(32-47(40)52-46)49(35-16-7-2-8-17-35)36-18-9-3-10-19-36/h1-32H. The quantitative estimate of drug-likeness (QED) is 0.163. The fourth-order valence-electron chi connectivity index (χ4n) is 7.44. The van der Waals surface area contributed by atoms with Crippen LogP contribution in [0.3, 0.4) is 0 Å². The molecule has 4 heteroatoms. The average Bonchev–Trinajstić information content (AvgIpc) is 3.77. The Morgan fingerprint density at radius 1 is 0.288 bits per heavy atom. The molecule has 0 saturated heterocycles. The summed E-state index contributed by atoms with van der Waals surface area (Å²) in [7, 11) is 0. The lowest BCUT2D eigenvalue weighted by atomic mass is 10.0. The van der Waals surface area contributed by atoms with Crippen LogP contribution in [-0.2, 0) is 0 Å². The maximum atomic E-state index is 2.44. The number of hydrogen-bond donors (Lipinski definition) is 0. The highest BCUT2D eigenvalue weighted by molar-refractivity contribution is 7.26. The molecule has 2 aromatic heterocycles. The molecule has 0 bridgehead atoms. The number of thiophene rings is 2. The van der Waals surface area contributed by atoms with E-state index in [1.54, 1.807) is 0 Å². The third kappa shape index (κ3) is 5.32. The Bertz CT molecular complexity index is 2800. The van der Waals surface area contributed by atoms with Gasteiger partial charge in [-0.1, -0.05) is 103 Å². The number of hydrogen-bond acceptors (Lipinski definition) is 4. The van der Waals surface area contributed by atoms with Gasteiger partial charge in [-0.15, -0.1) is 22.7 Å². The molecule has 10 rings (SSSR count). The van der Waals surface area contributed by atoms with Gasteiger partial charge in [-0.25, -0.2) is 0 Å². The monoisotopic (exact) mass is 700 g/mol. The molecule has 0 aliphatic rings. The minimum Gasteiger partial charge on any atom is -0.310 e. The Balaban J connectivity index is 1.15. The van der Waals surface area contributed by atoms with Crippen molar-refractivity contribution in [2.24, 2.45) is 0 Å². The van der Waals surface area contributed by atoms with Gasteiger partial charge in [-0.3, -0.25) is 0 Å². The number of para-hydroxylation sites is 3. The van der Waals surface area contributed by atoms with Crippen LogP contribution in [0.15, 0.2) is 194 Å². The predicted octanol–water partition coefficient (Wildman–Crippen LogP) is 15.0. The summed E-state index contributed by atoms with van der Waals surface area (Å²) in [6.45, 7) is 0. The summed E-state index contributed by atoms with van der Waals surface area (Å²) in [4.78, 5) is 4.78. The Labute approximate surface area is 310 Å². The smallest absolute Gasteiger partial charge is 0.0554 e. The van der Waals surface area contributed by atoms with E-state index in [1.807, 2.05) is 22.7 Å². The van der Waals surface area contributed by atoms with Crippen molar-refractivity contribution < 1.29 is 0 Å². The van der Waals surface area contributed by atoms with E-state index in [0.717, 1.165) is 28.4 Å². The molecule has 0 radical (unpaired) electrons. The van der Waals surface area contributed by atoms with Gasteiger partial charge in [0, 0.05) is 68.8 Å². The molecule has 8 aromatic carbocycles. The maximum absolute atomic E-state index is 2.44. The van der Waals surface area contributed by atoms with Crippen molar-refractivity contribution in [2.45, 2.75) is 0 Å². The first-order valence-electron chi connectivity index (χ1n) is 17.5. The third-order valence-electron chi connectivity index (χ3n) is 9.82. The first-order valence-corrected chi connectivity index (χ1v) is 19.1. The highest BCUT2D eigenvalue weighted by Gasteiger charge is 2.21. The number of benzene rings is 8. The normalized spacial score (nSPS) is 11.5. The Morgan fingerprint density at radius 3 is 1.50 bits per heavy atom. The van der Waals surface area contributed by atoms with Gasteiger partial charge in [0.15, 0.2) is 0 Å². The second-order valence-electron chi connectivity index (χ2n) is 13.0. The van der Waals surface area contributed by atoms with Crippen molar-refractivity contribution >= 4 is 97.1 Å². The molecule has 0 amide bonds. The number of rotatable bonds is 7. The van der Waals surface area contributed by atoms with E-state index >= 15 is 0 Å². The average molecular weight is 701 g/mol. The summed E-state index contributed by atoms with van der Waals surface area (Å²) < 4.78 is 5.13. The van der Waals surface area contributed by atoms with Crippen molar-refractivity contribution in [1.82, 2.24) is 0 Å². The van der Waals surface area contributed by atoms with Gasteiger partial charge in [0.25, 0.3) is 0 Å². The number of fused-ring (bicyclic) bond motifs is 6. The van der Waals surface area contributed by atoms with Crippen LogP contribution in [0.1, 0.15) is 0 Å². The Hall–Kier alpha value is -6.20. The van der Waals surface area contributed by atoms with Crippen molar-refractivity contribution in [2.75, 3.05) is 9.80 Å². The zero-order chi connectivity index (χ0) is 34.4. The summed E-state index contributed by atoms with van der Waals surface area (Å²) in [6, 6.07) is 70.3. The van der Waals surface area contributed by atoms with Gasteiger partial charge in [-0.2, -0.15) is 0 Å². The van der Waals surface area contributed by atoms with Crippen LogP contribution in [0.5, 0.6) is 0 Å². The molecule has 0 fully saturated rings. The molecule has 0 N–H and O–H groups in total. The van der Waals surface area contributed by atoms with Crippen LogP contribution in [0.2, 0.25) is 0 Å². The SMILES string of the molecule is c1ccc(-c2ccc3sc4ccc(N(c5ccccc5)c5cccc6sc7cc(N(c8ccccc8)c8ccccc8)ccc7c56)cc4c3c2)cc1. The molecule has 0 atom stereocenters. The first-order chi connectivity index (χ1) is 25.8. The maximum Gasteiger partial charge on any atom is 0.0554 e. The fourth-order valence-corrected chi connectivity index (χ4v) is 9.67. The van der Waals surface area contributed by atoms with E-state index in [9.17, 15) is 0 Å². The zero-order valence-corrected chi connectivity index (χ0v) is 29.8. The van der Waals surface area contributed by atoms with E-state index in [1.165, 1.54) is 57.2 Å². The fraction of sp³-hybridized carbons (Fsp3) is 0. The van der Waals surface area contributed by atoms with Crippen LogP contribution in [0, 0.1) is 0 Å².